The van der Waals surface area contributed by atoms with Crippen LogP contribution in [0.25, 0.3) is 0 Å². The number of esters is 2. The van der Waals surface area contributed by atoms with Crippen LogP contribution in [-0.4, -0.2) is 49.3 Å². The summed E-state index contributed by atoms with van der Waals surface area (Å²) in [5.41, 5.74) is 5.38. The molecule has 0 rings (SSSR count). The van der Waals surface area contributed by atoms with E-state index in [-0.39, 0.29) is 38.6 Å². The molecule has 0 aromatic carbocycles. The van der Waals surface area contributed by atoms with E-state index in [0.29, 0.717) is 6.42 Å². The Kier molecular flexibility index (Phi) is 61.9. The van der Waals surface area contributed by atoms with Gasteiger partial charge in [0.15, 0.2) is 6.10 Å². The van der Waals surface area contributed by atoms with Crippen molar-refractivity contribution in [1.82, 2.24) is 0 Å². The Morgan fingerprint density at radius 2 is 0.645 bits per heavy atom. The molecule has 76 heavy (non-hydrogen) atoms. The van der Waals surface area contributed by atoms with Crippen molar-refractivity contribution in [2.75, 3.05) is 26.4 Å². The first-order chi connectivity index (χ1) is 37.3. The molecular weight excluding hydrogens is 966 g/mol. The Hall–Kier alpha value is -1.25. The molecule has 0 aliphatic rings. The zero-order valence-corrected chi connectivity index (χ0v) is 51.7. The average Bonchev–Trinajstić information content (AvgIpc) is 3.41. The quantitative estimate of drug-likeness (QED) is 0.0264. The van der Waals surface area contributed by atoms with E-state index >= 15 is 0 Å². The molecule has 0 radical (unpaired) electrons. The number of phosphoric ester groups is 1. The summed E-state index contributed by atoms with van der Waals surface area (Å²) in [4.78, 5) is 35.1. The zero-order valence-electron chi connectivity index (χ0n) is 50.8. The molecule has 10 heteroatoms. The molecule has 0 aromatic rings. The van der Waals surface area contributed by atoms with Crippen molar-refractivity contribution in [3.63, 3.8) is 0 Å². The van der Waals surface area contributed by atoms with Crippen LogP contribution in [0.3, 0.4) is 0 Å². The lowest BCUT2D eigenvalue weighted by atomic mass is 10.0. The van der Waals surface area contributed by atoms with Gasteiger partial charge in [0, 0.05) is 19.4 Å². The van der Waals surface area contributed by atoms with E-state index in [1.165, 1.54) is 283 Å². The van der Waals surface area contributed by atoms with E-state index in [4.69, 9.17) is 24.3 Å². The normalized spacial score (nSPS) is 12.9. The first kappa shape index (κ1) is 74.8. The van der Waals surface area contributed by atoms with Crippen molar-refractivity contribution in [2.45, 2.75) is 373 Å². The lowest BCUT2D eigenvalue weighted by Crippen LogP contribution is -2.29. The lowest BCUT2D eigenvalue weighted by molar-refractivity contribution is -0.161. The molecule has 0 amide bonds. The van der Waals surface area contributed by atoms with Crippen LogP contribution in [0.1, 0.15) is 367 Å². The summed E-state index contributed by atoms with van der Waals surface area (Å²) in [7, 11) is -4.38. The molecule has 0 aliphatic heterocycles. The summed E-state index contributed by atoms with van der Waals surface area (Å²) in [6.45, 7) is 3.78. The summed E-state index contributed by atoms with van der Waals surface area (Å²) >= 11 is 0. The zero-order chi connectivity index (χ0) is 55.2. The van der Waals surface area contributed by atoms with Crippen LogP contribution in [0.2, 0.25) is 0 Å². The van der Waals surface area contributed by atoms with Gasteiger partial charge < -0.3 is 20.1 Å². The van der Waals surface area contributed by atoms with Crippen LogP contribution in [0, 0.1) is 0 Å². The number of ether oxygens (including phenoxy) is 2. The van der Waals surface area contributed by atoms with Gasteiger partial charge in [0.1, 0.15) is 6.61 Å². The predicted octanol–water partition coefficient (Wildman–Crippen LogP) is 21.6. The van der Waals surface area contributed by atoms with Crippen LogP contribution in [0.4, 0.5) is 0 Å². The third-order valence-electron chi connectivity index (χ3n) is 15.4. The van der Waals surface area contributed by atoms with Crippen molar-refractivity contribution in [2.24, 2.45) is 5.73 Å². The SMILES string of the molecule is CCCCCCC/C=C\CCCCCCCC(=O)OC(COC(=O)CCCCCCCCCCCCCCCCCCCCCCCCCCCCCCCCCCCCCCCCCCC)COP(=O)(O)OCCN. The molecule has 0 aliphatic carbocycles. The van der Waals surface area contributed by atoms with Gasteiger partial charge in [0.2, 0.25) is 0 Å². The van der Waals surface area contributed by atoms with Gasteiger partial charge in [-0.3, -0.25) is 18.6 Å². The first-order valence-electron chi connectivity index (χ1n) is 33.7. The molecule has 0 saturated heterocycles. The minimum Gasteiger partial charge on any atom is -0.462 e. The monoisotopic (exact) mass is 1100 g/mol. The van der Waals surface area contributed by atoms with E-state index in [2.05, 4.69) is 26.0 Å². The second-order valence-corrected chi connectivity index (χ2v) is 24.5. The van der Waals surface area contributed by atoms with Gasteiger partial charge in [0.25, 0.3) is 0 Å². The molecule has 9 nitrogen and oxygen atoms in total. The highest BCUT2D eigenvalue weighted by Gasteiger charge is 2.26. The fraction of sp³-hybridized carbons (Fsp3) is 0.939. The summed E-state index contributed by atoms with van der Waals surface area (Å²) in [5, 5.41) is 0. The summed E-state index contributed by atoms with van der Waals surface area (Å²) in [6.07, 6.45) is 74.9. The van der Waals surface area contributed by atoms with E-state index in [1.807, 2.05) is 0 Å². The topological polar surface area (TPSA) is 134 Å². The fourth-order valence-electron chi connectivity index (χ4n) is 10.4. The molecule has 0 saturated carbocycles. The summed E-state index contributed by atoms with van der Waals surface area (Å²) in [6, 6.07) is 0. The van der Waals surface area contributed by atoms with Gasteiger partial charge in [-0.2, -0.15) is 0 Å². The minimum absolute atomic E-state index is 0.0552. The number of hydrogen-bond donors (Lipinski definition) is 2. The molecule has 0 spiro atoms. The van der Waals surface area contributed by atoms with Crippen molar-refractivity contribution >= 4 is 19.8 Å². The average molecular weight is 1100 g/mol. The van der Waals surface area contributed by atoms with E-state index in [9.17, 15) is 19.0 Å². The van der Waals surface area contributed by atoms with Gasteiger partial charge in [-0.05, 0) is 38.5 Å². The van der Waals surface area contributed by atoms with Crippen molar-refractivity contribution in [3.8, 4) is 0 Å². The maximum Gasteiger partial charge on any atom is 0.472 e. The van der Waals surface area contributed by atoms with Gasteiger partial charge in [-0.15, -0.1) is 0 Å². The Bertz CT molecular complexity index is 1250. The van der Waals surface area contributed by atoms with Crippen LogP contribution in [-0.2, 0) is 32.7 Å². The first-order valence-corrected chi connectivity index (χ1v) is 35.2. The minimum atomic E-state index is -4.38. The molecule has 3 N–H and O–H groups in total. The third kappa shape index (κ3) is 62.0. The van der Waals surface area contributed by atoms with E-state index in [0.717, 1.165) is 51.4 Å². The Balaban J connectivity index is 3.65. The maximum atomic E-state index is 12.7. The molecular formula is C66H130NO8P. The van der Waals surface area contributed by atoms with Crippen LogP contribution < -0.4 is 5.73 Å². The number of allylic oxidation sites excluding steroid dienone is 2. The van der Waals surface area contributed by atoms with Gasteiger partial charge >= 0.3 is 19.8 Å². The van der Waals surface area contributed by atoms with Crippen LogP contribution in [0.5, 0.6) is 0 Å². The molecule has 0 fully saturated rings. The molecule has 0 heterocycles. The Morgan fingerprint density at radius 3 is 0.934 bits per heavy atom. The fourth-order valence-corrected chi connectivity index (χ4v) is 11.2. The number of hydrogen-bond acceptors (Lipinski definition) is 8. The van der Waals surface area contributed by atoms with E-state index in [1.54, 1.807) is 0 Å². The van der Waals surface area contributed by atoms with Gasteiger partial charge in [0.05, 0.1) is 13.2 Å². The highest BCUT2D eigenvalue weighted by Crippen LogP contribution is 2.43. The smallest absolute Gasteiger partial charge is 0.462 e. The number of nitrogens with two attached hydrogens (primary N) is 1. The van der Waals surface area contributed by atoms with Crippen LogP contribution in [0.15, 0.2) is 12.2 Å². The molecule has 2 atom stereocenters. The Morgan fingerprint density at radius 1 is 0.382 bits per heavy atom. The van der Waals surface area contributed by atoms with Crippen molar-refractivity contribution in [3.05, 3.63) is 12.2 Å². The standard InChI is InChI=1S/C66H130NO8P/c1-3-5-7-9-11-13-15-17-19-20-21-22-23-24-25-26-27-28-29-30-31-32-33-34-35-36-37-38-39-40-41-42-43-44-45-47-48-50-52-54-56-58-65(68)72-62-64(63-74-76(70,71)73-61-60-67)75-66(69)59-57-55-53-51-49-46-18-16-14-12-10-8-6-4-2/h16,18,64H,3-15,17,19-63,67H2,1-2H3,(H,70,71)/b18-16-. The molecule has 0 aromatic heterocycles. The highest BCUT2D eigenvalue weighted by atomic mass is 31.2. The third-order valence-corrected chi connectivity index (χ3v) is 16.4. The van der Waals surface area contributed by atoms with E-state index < -0.39 is 26.5 Å². The second-order valence-electron chi connectivity index (χ2n) is 23.1. The van der Waals surface area contributed by atoms with Crippen LogP contribution >= 0.6 is 7.82 Å². The second kappa shape index (κ2) is 62.9. The number of rotatable bonds is 65. The maximum absolute atomic E-state index is 12.7. The number of phosphoric acid groups is 1. The summed E-state index contributed by atoms with van der Waals surface area (Å²) < 4.78 is 33.0. The number of carbonyl (C=O) groups is 2. The molecule has 0 bridgehead atoms. The number of carbonyl (C=O) groups excluding carboxylic acids is 2. The highest BCUT2D eigenvalue weighted by molar-refractivity contribution is 7.47. The van der Waals surface area contributed by atoms with Crippen molar-refractivity contribution < 1.29 is 37.6 Å². The van der Waals surface area contributed by atoms with Gasteiger partial charge in [-0.1, -0.05) is 328 Å². The number of unbranched alkanes of at least 4 members (excludes halogenated alkanes) is 50. The lowest BCUT2D eigenvalue weighted by Gasteiger charge is -2.19. The van der Waals surface area contributed by atoms with Crippen molar-refractivity contribution in [1.29, 1.82) is 0 Å². The van der Waals surface area contributed by atoms with Gasteiger partial charge in [-0.25, -0.2) is 4.57 Å². The Labute approximate surface area is 472 Å². The predicted molar refractivity (Wildman–Crippen MR) is 326 cm³/mol. The largest absolute Gasteiger partial charge is 0.472 e. The summed E-state index contributed by atoms with van der Waals surface area (Å²) in [5.74, 6) is -0.819. The molecule has 2 unspecified atom stereocenters. The molecule has 452 valence electrons.